The molecular weight excluding hydrogens is 324 g/mol. The van der Waals surface area contributed by atoms with Crippen molar-refractivity contribution in [1.29, 1.82) is 5.26 Å². The fraction of sp³-hybridized carbons (Fsp3) is 0.591. The highest BCUT2D eigenvalue weighted by Crippen LogP contribution is 2.47. The maximum Gasteiger partial charge on any atom is 0.205 e. The first kappa shape index (κ1) is 18.6. The van der Waals surface area contributed by atoms with Gasteiger partial charge >= 0.3 is 0 Å². The standard InChI is InChI=1S/C22H30N2O2/c1-2-3-4-8-13-25-17-11-12-18-20(14-17)26-22(24)19(15-23)21(18)16-9-6-5-7-10-16/h11-12,14,16,21H,2-10,13,24H2,1H3. The van der Waals surface area contributed by atoms with E-state index in [4.69, 9.17) is 15.2 Å². The molecule has 0 saturated heterocycles. The van der Waals surface area contributed by atoms with E-state index in [1.807, 2.05) is 12.1 Å². The molecule has 1 saturated carbocycles. The molecule has 0 aromatic heterocycles. The van der Waals surface area contributed by atoms with Crippen LogP contribution in [0.3, 0.4) is 0 Å². The predicted molar refractivity (Wildman–Crippen MR) is 103 cm³/mol. The molecule has 3 rings (SSSR count). The number of unbranched alkanes of at least 4 members (excludes halogenated alkanes) is 3. The lowest BCUT2D eigenvalue weighted by atomic mass is 9.72. The van der Waals surface area contributed by atoms with Gasteiger partial charge in [0.05, 0.1) is 12.2 Å². The maximum atomic E-state index is 9.64. The van der Waals surface area contributed by atoms with E-state index in [0.717, 1.165) is 42.9 Å². The molecule has 1 fully saturated rings. The molecule has 26 heavy (non-hydrogen) atoms. The molecule has 1 atom stereocenters. The summed E-state index contributed by atoms with van der Waals surface area (Å²) in [6.07, 6.45) is 10.8. The van der Waals surface area contributed by atoms with E-state index in [9.17, 15) is 5.26 Å². The Labute approximate surface area is 157 Å². The van der Waals surface area contributed by atoms with Crippen LogP contribution in [0.5, 0.6) is 11.5 Å². The Morgan fingerprint density at radius 1 is 1.19 bits per heavy atom. The minimum absolute atomic E-state index is 0.0580. The largest absolute Gasteiger partial charge is 0.493 e. The van der Waals surface area contributed by atoms with Crippen LogP contribution in [0, 0.1) is 17.2 Å². The van der Waals surface area contributed by atoms with Gasteiger partial charge in [-0.25, -0.2) is 0 Å². The molecule has 0 bridgehead atoms. The lowest BCUT2D eigenvalue weighted by Gasteiger charge is -2.34. The Kier molecular flexibility index (Phi) is 6.44. The number of hydrogen-bond donors (Lipinski definition) is 1. The van der Waals surface area contributed by atoms with Crippen molar-refractivity contribution in [2.45, 2.75) is 70.6 Å². The summed E-state index contributed by atoms with van der Waals surface area (Å²) in [7, 11) is 0. The molecule has 1 aliphatic carbocycles. The third-order valence-electron chi connectivity index (χ3n) is 5.62. The second-order valence-corrected chi connectivity index (χ2v) is 7.48. The Bertz CT molecular complexity index is 684. The Morgan fingerprint density at radius 2 is 2.00 bits per heavy atom. The number of allylic oxidation sites excluding steroid dienone is 1. The zero-order valence-electron chi connectivity index (χ0n) is 15.8. The molecule has 1 heterocycles. The van der Waals surface area contributed by atoms with E-state index >= 15 is 0 Å². The first-order valence-corrected chi connectivity index (χ1v) is 10.1. The van der Waals surface area contributed by atoms with Gasteiger partial charge in [-0.2, -0.15) is 5.26 Å². The average molecular weight is 354 g/mol. The van der Waals surface area contributed by atoms with Gasteiger partial charge in [-0.1, -0.05) is 51.5 Å². The normalized spacial score (nSPS) is 20.2. The van der Waals surface area contributed by atoms with Crippen LogP contribution in [0.1, 0.15) is 76.2 Å². The van der Waals surface area contributed by atoms with Crippen molar-refractivity contribution in [1.82, 2.24) is 0 Å². The minimum Gasteiger partial charge on any atom is -0.493 e. The molecular formula is C22H30N2O2. The SMILES string of the molecule is CCCCCCOc1ccc2c(c1)OC(N)=C(C#N)C2C1CCCCC1. The number of nitriles is 1. The molecule has 1 aromatic carbocycles. The zero-order valence-corrected chi connectivity index (χ0v) is 15.8. The number of nitrogens with two attached hydrogens (primary N) is 1. The summed E-state index contributed by atoms with van der Waals surface area (Å²) >= 11 is 0. The topological polar surface area (TPSA) is 68.3 Å². The third-order valence-corrected chi connectivity index (χ3v) is 5.62. The minimum atomic E-state index is 0.0580. The van der Waals surface area contributed by atoms with Crippen LogP contribution in [0.25, 0.3) is 0 Å². The van der Waals surface area contributed by atoms with Crippen LogP contribution in [-0.2, 0) is 0 Å². The molecule has 0 amide bonds. The van der Waals surface area contributed by atoms with Gasteiger partial charge < -0.3 is 15.2 Å². The van der Waals surface area contributed by atoms with Crippen LogP contribution < -0.4 is 15.2 Å². The van der Waals surface area contributed by atoms with Crippen LogP contribution in [-0.4, -0.2) is 6.61 Å². The summed E-state index contributed by atoms with van der Waals surface area (Å²) in [5.74, 6) is 2.36. The monoisotopic (exact) mass is 354 g/mol. The van der Waals surface area contributed by atoms with Crippen molar-refractivity contribution >= 4 is 0 Å². The number of fused-ring (bicyclic) bond motifs is 1. The van der Waals surface area contributed by atoms with Crippen molar-refractivity contribution < 1.29 is 9.47 Å². The van der Waals surface area contributed by atoms with E-state index in [1.54, 1.807) is 0 Å². The summed E-state index contributed by atoms with van der Waals surface area (Å²) in [5, 5.41) is 9.64. The van der Waals surface area contributed by atoms with Gasteiger partial charge in [-0.3, -0.25) is 0 Å². The molecule has 1 aliphatic heterocycles. The molecule has 1 aromatic rings. The smallest absolute Gasteiger partial charge is 0.205 e. The highest BCUT2D eigenvalue weighted by Gasteiger charge is 2.35. The number of nitrogens with zero attached hydrogens (tertiary/aromatic N) is 1. The first-order chi connectivity index (χ1) is 12.7. The number of ether oxygens (including phenoxy) is 2. The van der Waals surface area contributed by atoms with E-state index in [2.05, 4.69) is 19.1 Å². The fourth-order valence-electron chi connectivity index (χ4n) is 4.23. The Morgan fingerprint density at radius 3 is 2.73 bits per heavy atom. The lowest BCUT2D eigenvalue weighted by Crippen LogP contribution is -2.26. The van der Waals surface area contributed by atoms with E-state index < -0.39 is 0 Å². The molecule has 4 heteroatoms. The average Bonchev–Trinajstić information content (AvgIpc) is 2.67. The van der Waals surface area contributed by atoms with Gasteiger partial charge in [0.25, 0.3) is 0 Å². The van der Waals surface area contributed by atoms with Gasteiger partial charge in [0.2, 0.25) is 5.88 Å². The Hall–Kier alpha value is -2.15. The van der Waals surface area contributed by atoms with Crippen LogP contribution in [0.4, 0.5) is 0 Å². The van der Waals surface area contributed by atoms with Crippen molar-refractivity contribution in [3.63, 3.8) is 0 Å². The van der Waals surface area contributed by atoms with Gasteiger partial charge in [0, 0.05) is 17.5 Å². The quantitative estimate of drug-likeness (QED) is 0.666. The fourth-order valence-corrected chi connectivity index (χ4v) is 4.23. The third kappa shape index (κ3) is 4.15. The number of rotatable bonds is 7. The maximum absolute atomic E-state index is 9.64. The molecule has 140 valence electrons. The van der Waals surface area contributed by atoms with Crippen molar-refractivity contribution in [3.8, 4) is 17.6 Å². The van der Waals surface area contributed by atoms with Crippen molar-refractivity contribution in [2.75, 3.05) is 6.61 Å². The molecule has 4 nitrogen and oxygen atoms in total. The lowest BCUT2D eigenvalue weighted by molar-refractivity contribution is 0.290. The van der Waals surface area contributed by atoms with Crippen LogP contribution in [0.2, 0.25) is 0 Å². The molecule has 0 spiro atoms. The predicted octanol–water partition coefficient (Wildman–Crippen LogP) is 5.40. The number of benzene rings is 1. The number of hydrogen-bond acceptors (Lipinski definition) is 4. The van der Waals surface area contributed by atoms with Crippen molar-refractivity contribution in [2.24, 2.45) is 11.7 Å². The summed E-state index contributed by atoms with van der Waals surface area (Å²) in [6, 6.07) is 8.32. The molecule has 0 radical (unpaired) electrons. The summed E-state index contributed by atoms with van der Waals surface area (Å²) in [4.78, 5) is 0. The molecule has 2 N–H and O–H groups in total. The van der Waals surface area contributed by atoms with E-state index in [0.29, 0.717) is 11.5 Å². The van der Waals surface area contributed by atoms with E-state index in [-0.39, 0.29) is 11.8 Å². The second kappa shape index (κ2) is 8.98. The summed E-state index contributed by atoms with van der Waals surface area (Å²) in [5.41, 5.74) is 7.78. The van der Waals surface area contributed by atoms with Gasteiger partial charge in [-0.05, 0) is 31.2 Å². The van der Waals surface area contributed by atoms with Crippen LogP contribution in [0.15, 0.2) is 29.7 Å². The van der Waals surface area contributed by atoms with Crippen molar-refractivity contribution in [3.05, 3.63) is 35.2 Å². The van der Waals surface area contributed by atoms with Gasteiger partial charge in [0.15, 0.2) is 0 Å². The highest BCUT2D eigenvalue weighted by molar-refractivity contribution is 5.52. The highest BCUT2D eigenvalue weighted by atomic mass is 16.5. The van der Waals surface area contributed by atoms with E-state index in [1.165, 1.54) is 38.5 Å². The van der Waals surface area contributed by atoms with Gasteiger partial charge in [-0.15, -0.1) is 0 Å². The van der Waals surface area contributed by atoms with Gasteiger partial charge in [0.1, 0.15) is 17.6 Å². The zero-order chi connectivity index (χ0) is 18.4. The molecule has 2 aliphatic rings. The summed E-state index contributed by atoms with van der Waals surface area (Å²) < 4.78 is 11.7. The first-order valence-electron chi connectivity index (χ1n) is 10.1. The second-order valence-electron chi connectivity index (χ2n) is 7.48. The van der Waals surface area contributed by atoms with Crippen LogP contribution >= 0.6 is 0 Å². The summed E-state index contributed by atoms with van der Waals surface area (Å²) in [6.45, 7) is 2.93. The molecule has 1 unspecified atom stereocenters. The Balaban J connectivity index is 1.77.